The van der Waals surface area contributed by atoms with Crippen LogP contribution in [0.3, 0.4) is 0 Å². The van der Waals surface area contributed by atoms with Crippen LogP contribution in [0, 0.1) is 11.8 Å². The normalized spacial score (nSPS) is 19.8. The van der Waals surface area contributed by atoms with Gasteiger partial charge in [0.1, 0.15) is 0 Å². The lowest BCUT2D eigenvalue weighted by Crippen LogP contribution is -2.32. The number of halogens is 4. The number of piperidine rings is 1. The van der Waals surface area contributed by atoms with E-state index in [1.807, 2.05) is 0 Å². The topological polar surface area (TPSA) is 132 Å². The lowest BCUT2D eigenvalue weighted by Gasteiger charge is -2.11. The first-order valence-corrected chi connectivity index (χ1v) is 12.6. The van der Waals surface area contributed by atoms with Gasteiger partial charge in [-0.25, -0.2) is 19.6 Å². The molecule has 206 valence electrons. The SMILES string of the molecule is Cn1c(-c2cn(-c3ncccn3)nc2C(F)(F)F)cnc1C(=O)Nc1ccc(C(=O)NC2C3CNCC32)c(Cl)c1. The van der Waals surface area contributed by atoms with E-state index in [-0.39, 0.29) is 51.3 Å². The van der Waals surface area contributed by atoms with E-state index in [9.17, 15) is 22.8 Å². The number of hydrogen-bond donors (Lipinski definition) is 3. The molecule has 1 aromatic carbocycles. The molecule has 2 atom stereocenters. The molecule has 2 fully saturated rings. The largest absolute Gasteiger partial charge is 0.435 e. The third-order valence-corrected chi connectivity index (χ3v) is 7.38. The molecule has 1 saturated carbocycles. The van der Waals surface area contributed by atoms with E-state index in [0.29, 0.717) is 11.8 Å². The number of amides is 2. The van der Waals surface area contributed by atoms with Crippen LogP contribution in [0.15, 0.2) is 49.1 Å². The molecule has 11 nitrogen and oxygen atoms in total. The van der Waals surface area contributed by atoms with Crippen LogP contribution in [0.5, 0.6) is 0 Å². The number of hydrogen-bond acceptors (Lipinski definition) is 7. The molecule has 3 aromatic heterocycles. The van der Waals surface area contributed by atoms with Crippen molar-refractivity contribution in [2.45, 2.75) is 12.2 Å². The van der Waals surface area contributed by atoms with Gasteiger partial charge in [0, 0.05) is 50.5 Å². The zero-order chi connectivity index (χ0) is 28.2. The summed E-state index contributed by atoms with van der Waals surface area (Å²) in [7, 11) is 1.41. The smallest absolute Gasteiger partial charge is 0.349 e. The summed E-state index contributed by atoms with van der Waals surface area (Å²) in [5.41, 5.74) is -0.918. The molecule has 2 amide bonds. The van der Waals surface area contributed by atoms with Crippen molar-refractivity contribution < 1.29 is 22.8 Å². The number of fused-ring (bicyclic) bond motifs is 1. The fourth-order valence-electron chi connectivity index (χ4n) is 4.98. The molecule has 4 aromatic rings. The first-order chi connectivity index (χ1) is 19.1. The van der Waals surface area contributed by atoms with Crippen molar-refractivity contribution in [2.24, 2.45) is 18.9 Å². The highest BCUT2D eigenvalue weighted by Gasteiger charge is 2.53. The molecule has 40 heavy (non-hydrogen) atoms. The van der Waals surface area contributed by atoms with Crippen LogP contribution in [-0.4, -0.2) is 60.2 Å². The Morgan fingerprint density at radius 2 is 1.82 bits per heavy atom. The zero-order valence-electron chi connectivity index (χ0n) is 20.8. The molecule has 1 aliphatic carbocycles. The predicted octanol–water partition coefficient (Wildman–Crippen LogP) is 2.93. The number of nitrogens with zero attached hydrogens (tertiary/aromatic N) is 6. The van der Waals surface area contributed by atoms with Gasteiger partial charge in [-0.3, -0.25) is 9.59 Å². The Morgan fingerprint density at radius 3 is 2.50 bits per heavy atom. The summed E-state index contributed by atoms with van der Waals surface area (Å²) in [6.07, 6.45) is 0.252. The molecule has 0 radical (unpaired) electrons. The lowest BCUT2D eigenvalue weighted by atomic mass is 10.2. The minimum atomic E-state index is -4.79. The molecule has 1 aliphatic heterocycles. The summed E-state index contributed by atoms with van der Waals surface area (Å²) in [5.74, 6) is -0.302. The molecule has 0 spiro atoms. The van der Waals surface area contributed by atoms with Gasteiger partial charge in [-0.2, -0.15) is 18.3 Å². The van der Waals surface area contributed by atoms with Crippen molar-refractivity contribution in [2.75, 3.05) is 18.4 Å². The minimum absolute atomic E-state index is 0.00440. The number of carbonyl (C=O) groups is 2. The second-order valence-electron chi connectivity index (χ2n) is 9.54. The Labute approximate surface area is 229 Å². The van der Waals surface area contributed by atoms with E-state index >= 15 is 0 Å². The van der Waals surface area contributed by atoms with Crippen LogP contribution >= 0.6 is 11.6 Å². The van der Waals surface area contributed by atoms with Crippen LogP contribution in [0.25, 0.3) is 17.2 Å². The van der Waals surface area contributed by atoms with Gasteiger partial charge >= 0.3 is 6.18 Å². The second-order valence-corrected chi connectivity index (χ2v) is 9.95. The highest BCUT2D eigenvalue weighted by molar-refractivity contribution is 6.34. The molecule has 2 aliphatic rings. The summed E-state index contributed by atoms with van der Waals surface area (Å²) < 4.78 is 43.7. The van der Waals surface area contributed by atoms with Crippen molar-refractivity contribution in [1.29, 1.82) is 0 Å². The lowest BCUT2D eigenvalue weighted by molar-refractivity contribution is -0.140. The standard InChI is InChI=1S/C25H21ClF3N9O2/c1-37-18(16-11-38(24-31-5-2-6-32-24)36-20(16)25(27,28)29)10-33-21(37)23(40)34-12-3-4-13(17(26)7-12)22(39)35-19-14-8-30-9-15(14)19/h2-7,10-11,14-15,19,30H,8-9H2,1H3,(H,34,40)(H,35,39). The van der Waals surface area contributed by atoms with E-state index in [0.717, 1.165) is 30.2 Å². The van der Waals surface area contributed by atoms with Gasteiger partial charge in [0.05, 0.1) is 28.0 Å². The van der Waals surface area contributed by atoms with Gasteiger partial charge in [0.25, 0.3) is 11.8 Å². The van der Waals surface area contributed by atoms with Gasteiger partial charge in [-0.15, -0.1) is 0 Å². The molecular formula is C25H21ClF3N9O2. The fraction of sp³-hybridized carbons (Fsp3) is 0.280. The number of anilines is 1. The Kier molecular flexibility index (Phi) is 6.30. The Bertz CT molecular complexity index is 1610. The maximum absolute atomic E-state index is 13.8. The highest BCUT2D eigenvalue weighted by Crippen LogP contribution is 2.42. The molecule has 6 rings (SSSR count). The summed E-state index contributed by atoms with van der Waals surface area (Å²) in [5, 5.41) is 12.7. The molecule has 1 saturated heterocycles. The number of aromatic nitrogens is 6. The van der Waals surface area contributed by atoms with Crippen LogP contribution in [0.4, 0.5) is 18.9 Å². The van der Waals surface area contributed by atoms with Crippen LogP contribution in [0.2, 0.25) is 5.02 Å². The van der Waals surface area contributed by atoms with Gasteiger partial charge in [0.15, 0.2) is 11.5 Å². The Morgan fingerprint density at radius 1 is 1.10 bits per heavy atom. The quantitative estimate of drug-likeness (QED) is 0.324. The van der Waals surface area contributed by atoms with E-state index < -0.39 is 17.8 Å². The van der Waals surface area contributed by atoms with E-state index in [4.69, 9.17) is 11.6 Å². The number of benzene rings is 1. The third kappa shape index (κ3) is 4.69. The first-order valence-electron chi connectivity index (χ1n) is 12.2. The summed E-state index contributed by atoms with van der Waals surface area (Å²) in [4.78, 5) is 37.6. The first kappa shape index (κ1) is 26.0. The average Bonchev–Trinajstić information content (AvgIpc) is 3.37. The molecule has 0 bridgehead atoms. The van der Waals surface area contributed by atoms with Crippen molar-refractivity contribution in [3.63, 3.8) is 0 Å². The van der Waals surface area contributed by atoms with Crippen molar-refractivity contribution in [1.82, 2.24) is 39.9 Å². The third-order valence-electron chi connectivity index (χ3n) is 7.07. The van der Waals surface area contributed by atoms with Crippen LogP contribution < -0.4 is 16.0 Å². The summed E-state index contributed by atoms with van der Waals surface area (Å²) >= 11 is 6.34. The van der Waals surface area contributed by atoms with Gasteiger partial charge in [0.2, 0.25) is 5.95 Å². The van der Waals surface area contributed by atoms with Gasteiger partial charge < -0.3 is 20.5 Å². The molecule has 15 heteroatoms. The zero-order valence-corrected chi connectivity index (χ0v) is 21.5. The van der Waals surface area contributed by atoms with Gasteiger partial charge in [-0.05, 0) is 36.1 Å². The monoisotopic (exact) mass is 571 g/mol. The van der Waals surface area contributed by atoms with E-state index in [1.165, 1.54) is 48.3 Å². The van der Waals surface area contributed by atoms with E-state index in [2.05, 4.69) is 36.0 Å². The highest BCUT2D eigenvalue weighted by atomic mass is 35.5. The Balaban J connectivity index is 1.21. The maximum Gasteiger partial charge on any atom is 0.435 e. The van der Waals surface area contributed by atoms with Crippen molar-refractivity contribution in [3.8, 4) is 17.2 Å². The number of carbonyl (C=O) groups excluding carboxylic acids is 2. The summed E-state index contributed by atoms with van der Waals surface area (Å²) in [6, 6.07) is 6.11. The van der Waals surface area contributed by atoms with Crippen molar-refractivity contribution in [3.05, 3.63) is 71.2 Å². The average molecular weight is 572 g/mol. The number of alkyl halides is 3. The molecule has 2 unspecified atom stereocenters. The second kappa shape index (κ2) is 9.71. The molecular weight excluding hydrogens is 551 g/mol. The maximum atomic E-state index is 13.8. The minimum Gasteiger partial charge on any atom is -0.349 e. The predicted molar refractivity (Wildman–Crippen MR) is 137 cm³/mol. The number of nitrogens with one attached hydrogen (secondary N) is 3. The van der Waals surface area contributed by atoms with Crippen molar-refractivity contribution >= 4 is 29.1 Å². The Hall–Kier alpha value is -4.30. The summed E-state index contributed by atoms with van der Waals surface area (Å²) in [6.45, 7) is 1.76. The fourth-order valence-corrected chi connectivity index (χ4v) is 5.25. The number of rotatable bonds is 6. The molecule has 4 heterocycles. The molecule has 3 N–H and O–H groups in total. The van der Waals surface area contributed by atoms with Crippen LogP contribution in [0.1, 0.15) is 26.7 Å². The number of imidazole rings is 1. The van der Waals surface area contributed by atoms with Crippen LogP contribution in [-0.2, 0) is 13.2 Å². The van der Waals surface area contributed by atoms with E-state index in [1.54, 1.807) is 0 Å². The van der Waals surface area contributed by atoms with Gasteiger partial charge in [-0.1, -0.05) is 11.6 Å².